The fourth-order valence-corrected chi connectivity index (χ4v) is 13.3. The number of piperidine rings is 3. The molecule has 498 valence electrons. The number of aromatic nitrogens is 5. The molecular weight excluding hydrogens is 1200 g/mol. The Bertz CT molecular complexity index is 3340. The summed E-state index contributed by atoms with van der Waals surface area (Å²) >= 11 is 0. The molecule has 19 heteroatoms. The fourth-order valence-electron chi connectivity index (χ4n) is 13.3. The zero-order chi connectivity index (χ0) is 61.8. The molecule has 0 radical (unpaired) electrons. The summed E-state index contributed by atoms with van der Waals surface area (Å²) in [5.41, 5.74) is 9.35. The Morgan fingerprint density at radius 2 is 0.739 bits per heavy atom. The minimum absolute atomic E-state index is 0. The van der Waals surface area contributed by atoms with Crippen LogP contribution in [0.15, 0.2) is 98.8 Å². The normalized spacial score (nSPS) is 17.4. The first-order chi connectivity index (χ1) is 44.0. The van der Waals surface area contributed by atoms with Crippen LogP contribution in [0, 0.1) is 35.5 Å². The zero-order valence-corrected chi connectivity index (χ0v) is 57.1. The van der Waals surface area contributed by atoms with Crippen LogP contribution < -0.4 is 29.3 Å². The fraction of sp³-hybridized carbons (Fsp3) is 0.575. The van der Waals surface area contributed by atoms with Gasteiger partial charge in [-0.05, 0) is 267 Å². The summed E-state index contributed by atoms with van der Waals surface area (Å²) in [6.45, 7) is 11.4. The lowest BCUT2D eigenvalue weighted by Crippen LogP contribution is -2.34. The molecule has 14 rings (SSSR count). The van der Waals surface area contributed by atoms with Gasteiger partial charge >= 0.3 is 0 Å². The second-order valence-corrected chi connectivity index (χ2v) is 27.7. The third kappa shape index (κ3) is 18.8. The number of ether oxygens (including phenoxy) is 3. The van der Waals surface area contributed by atoms with Crippen LogP contribution in [0.25, 0.3) is 32.9 Å². The largest absolute Gasteiger partial charge is 0.493 e. The van der Waals surface area contributed by atoms with Crippen molar-refractivity contribution in [1.29, 1.82) is 0 Å². The van der Waals surface area contributed by atoms with Gasteiger partial charge in [-0.2, -0.15) is 0 Å². The highest BCUT2D eigenvalue weighted by Crippen LogP contribution is 2.39. The van der Waals surface area contributed by atoms with Crippen LogP contribution in [0.4, 0.5) is 11.6 Å². The maximum Gasteiger partial charge on any atom is 0.175 e. The zero-order valence-electron chi connectivity index (χ0n) is 55.5. The van der Waals surface area contributed by atoms with Gasteiger partial charge in [0.2, 0.25) is 0 Å². The summed E-state index contributed by atoms with van der Waals surface area (Å²) < 4.78 is 36.0. The number of hydrogen-bond acceptors (Lipinski definition) is 17. The standard InChI is InChI=1S/2C26H34N4O2.C21H31N3O2.2ClH/c2*1-29(2)17-22-24(31-18-20-6-7-20)11-9-21-23(28-32-26(21)22)10-8-19-12-15-30(16-13-19)25-5-3-4-14-27-25;1-24(2)13-18-20(25-14-16-3-4-16)8-6-17-19(23-26-21(17)18)7-5-15-9-11-22-12-10-15;;/h2*3-5,9,11,14,19-20H,6-8,10,12-13,15-18H2,1-2H3;6,8,15-16,22H,3-5,7,9-14H2,1-2H3;2*1H. The van der Waals surface area contributed by atoms with Gasteiger partial charge in [0.15, 0.2) is 16.7 Å². The number of nitrogens with one attached hydrogen (secondary N) is 1. The van der Waals surface area contributed by atoms with E-state index in [9.17, 15) is 0 Å². The van der Waals surface area contributed by atoms with E-state index in [0.29, 0.717) is 0 Å². The monoisotopic (exact) mass is 1300 g/mol. The number of rotatable bonds is 26. The van der Waals surface area contributed by atoms with Crippen molar-refractivity contribution in [1.82, 2.24) is 45.5 Å². The van der Waals surface area contributed by atoms with E-state index < -0.39 is 0 Å². The van der Waals surface area contributed by atoms with Gasteiger partial charge in [0, 0.05) is 74.4 Å². The van der Waals surface area contributed by atoms with Crippen molar-refractivity contribution >= 4 is 69.4 Å². The first kappa shape index (κ1) is 68.6. The Balaban J connectivity index is 0.000000151. The molecule has 0 bridgehead atoms. The minimum Gasteiger partial charge on any atom is -0.493 e. The van der Waals surface area contributed by atoms with E-state index in [-0.39, 0.29) is 24.8 Å². The summed E-state index contributed by atoms with van der Waals surface area (Å²) in [7, 11) is 12.5. The molecule has 3 aliphatic heterocycles. The van der Waals surface area contributed by atoms with Gasteiger partial charge in [0.1, 0.15) is 28.9 Å². The average molecular weight is 1300 g/mol. The number of aryl methyl sites for hydroxylation is 3. The molecule has 3 aliphatic carbocycles. The van der Waals surface area contributed by atoms with Crippen LogP contribution in [-0.2, 0) is 38.9 Å². The highest BCUT2D eigenvalue weighted by atomic mass is 35.5. The Kier molecular flexibility index (Phi) is 24.8. The number of halogens is 2. The van der Waals surface area contributed by atoms with Crippen molar-refractivity contribution in [3.8, 4) is 17.2 Å². The third-order valence-electron chi connectivity index (χ3n) is 19.3. The van der Waals surface area contributed by atoms with Crippen molar-refractivity contribution in [3.63, 3.8) is 0 Å². The average Bonchev–Trinajstić information content (AvgIpc) is 1.67. The van der Waals surface area contributed by atoms with E-state index in [2.05, 4.69) is 158 Å². The second-order valence-electron chi connectivity index (χ2n) is 27.7. The minimum atomic E-state index is 0. The summed E-state index contributed by atoms with van der Waals surface area (Å²) in [6, 6.07) is 25.1. The first-order valence-corrected chi connectivity index (χ1v) is 34.1. The van der Waals surface area contributed by atoms with E-state index >= 15 is 0 Å². The summed E-state index contributed by atoms with van der Waals surface area (Å²) in [6.07, 6.45) is 25.3. The van der Waals surface area contributed by atoms with Crippen LogP contribution in [0.2, 0.25) is 0 Å². The van der Waals surface area contributed by atoms with Crippen molar-refractivity contribution in [2.24, 2.45) is 35.5 Å². The molecule has 0 spiro atoms. The van der Waals surface area contributed by atoms with Crippen LogP contribution in [0.5, 0.6) is 17.2 Å². The quantitative estimate of drug-likeness (QED) is 0.0545. The smallest absolute Gasteiger partial charge is 0.175 e. The van der Waals surface area contributed by atoms with Crippen LogP contribution in [0.1, 0.15) is 130 Å². The SMILES string of the molecule is CN(C)Cc1c(OCC2CC2)ccc2c(CCC3CCN(c4ccccn4)CC3)noc12.CN(C)Cc1c(OCC2CC2)ccc2c(CCC3CCN(c4ccccn4)CC3)noc12.CN(C)Cc1c(OCC2CC2)ccc2c(CCC3CCNCC3)noc12.Cl.Cl. The molecule has 17 nitrogen and oxygen atoms in total. The second kappa shape index (κ2) is 33.3. The van der Waals surface area contributed by atoms with E-state index in [0.717, 1.165) is 242 Å². The number of fused-ring (bicyclic) bond motifs is 3. The maximum absolute atomic E-state index is 6.16. The Morgan fingerprint density at radius 3 is 1.03 bits per heavy atom. The summed E-state index contributed by atoms with van der Waals surface area (Å²) in [5, 5.41) is 20.3. The first-order valence-electron chi connectivity index (χ1n) is 34.1. The van der Waals surface area contributed by atoms with Gasteiger partial charge in [-0.1, -0.05) is 27.6 Å². The van der Waals surface area contributed by atoms with Crippen LogP contribution >= 0.6 is 24.8 Å². The summed E-state index contributed by atoms with van der Waals surface area (Å²) in [5.74, 6) is 9.51. The number of anilines is 2. The molecule has 3 aromatic carbocycles. The number of pyridine rings is 2. The molecule has 8 aromatic rings. The third-order valence-corrected chi connectivity index (χ3v) is 19.3. The van der Waals surface area contributed by atoms with Gasteiger partial charge in [-0.15, -0.1) is 24.8 Å². The lowest BCUT2D eigenvalue weighted by molar-refractivity contribution is 0.289. The molecule has 0 unspecified atom stereocenters. The molecule has 3 saturated carbocycles. The molecule has 6 fully saturated rings. The molecular formula is C73H101Cl2N11O6. The van der Waals surface area contributed by atoms with Gasteiger partial charge in [-0.25, -0.2) is 9.97 Å². The van der Waals surface area contributed by atoms with E-state index in [1.165, 1.54) is 83.5 Å². The Morgan fingerprint density at radius 1 is 0.413 bits per heavy atom. The van der Waals surface area contributed by atoms with Crippen LogP contribution in [-0.4, -0.2) is 142 Å². The Labute approximate surface area is 557 Å². The number of hydrogen-bond donors (Lipinski definition) is 1. The molecule has 92 heavy (non-hydrogen) atoms. The van der Waals surface area contributed by atoms with Crippen molar-refractivity contribution in [2.75, 3.05) is 111 Å². The number of nitrogens with zero attached hydrogens (tertiary/aromatic N) is 10. The van der Waals surface area contributed by atoms with Crippen LogP contribution in [0.3, 0.4) is 0 Å². The molecule has 8 heterocycles. The van der Waals surface area contributed by atoms with Crippen molar-refractivity contribution in [2.45, 2.75) is 135 Å². The van der Waals surface area contributed by atoms with Crippen molar-refractivity contribution < 1.29 is 27.8 Å². The van der Waals surface area contributed by atoms with Gasteiger partial charge in [0.25, 0.3) is 0 Å². The molecule has 5 aromatic heterocycles. The van der Waals surface area contributed by atoms with E-state index in [1.807, 2.05) is 24.5 Å². The molecule has 1 N–H and O–H groups in total. The predicted molar refractivity (Wildman–Crippen MR) is 372 cm³/mol. The van der Waals surface area contributed by atoms with E-state index in [1.54, 1.807) is 0 Å². The van der Waals surface area contributed by atoms with Gasteiger partial charge < -0.3 is 57.6 Å². The summed E-state index contributed by atoms with van der Waals surface area (Å²) in [4.78, 5) is 20.3. The van der Waals surface area contributed by atoms with E-state index in [4.69, 9.17) is 27.8 Å². The van der Waals surface area contributed by atoms with Crippen molar-refractivity contribution in [3.05, 3.63) is 119 Å². The topological polar surface area (TPSA) is 160 Å². The molecule has 6 aliphatic rings. The maximum atomic E-state index is 6.16. The Hall–Kier alpha value is -6.21. The lowest BCUT2D eigenvalue weighted by atomic mass is 9.91. The predicted octanol–water partition coefficient (Wildman–Crippen LogP) is 14.3. The lowest BCUT2D eigenvalue weighted by Gasteiger charge is -2.32. The molecule has 3 saturated heterocycles. The molecule has 0 atom stereocenters. The highest BCUT2D eigenvalue weighted by Gasteiger charge is 2.29. The van der Waals surface area contributed by atoms with Gasteiger partial charge in [-0.3, -0.25) is 0 Å². The molecule has 0 amide bonds. The van der Waals surface area contributed by atoms with Gasteiger partial charge in [0.05, 0.1) is 53.6 Å². The number of benzene rings is 3. The highest BCUT2D eigenvalue weighted by molar-refractivity contribution is 5.87.